The van der Waals surface area contributed by atoms with Crippen molar-refractivity contribution in [2.45, 2.75) is 4.83 Å². The molecule has 0 saturated carbocycles. The molecule has 0 radical (unpaired) electrons. The molecule has 0 amide bonds. The second-order valence-corrected chi connectivity index (χ2v) is 3.66. The van der Waals surface area contributed by atoms with Crippen LogP contribution in [0.3, 0.4) is 0 Å². The normalized spacial score (nSPS) is 12.0. The summed E-state index contributed by atoms with van der Waals surface area (Å²) in [7, 11) is 2.65. The van der Waals surface area contributed by atoms with Gasteiger partial charge in [-0.3, -0.25) is 4.79 Å². The molecule has 0 aliphatic heterocycles. The summed E-state index contributed by atoms with van der Waals surface area (Å²) in [6, 6.07) is 4.35. The number of carbonyl (C=O) groups excluding carboxylic acids is 1. The van der Waals surface area contributed by atoms with Crippen LogP contribution >= 0.6 is 15.9 Å². The lowest BCUT2D eigenvalue weighted by atomic mass is 10.1. The molecule has 5 heteroatoms. The van der Waals surface area contributed by atoms with Crippen molar-refractivity contribution in [2.75, 3.05) is 14.2 Å². The van der Waals surface area contributed by atoms with Crippen molar-refractivity contribution in [1.82, 2.24) is 0 Å². The molecule has 0 saturated heterocycles. The number of rotatable bonds is 3. The minimum atomic E-state index is -0.862. The van der Waals surface area contributed by atoms with Crippen molar-refractivity contribution >= 4 is 21.9 Å². The molecule has 3 nitrogen and oxygen atoms in total. The largest absolute Gasteiger partial charge is 0.496 e. The van der Waals surface area contributed by atoms with Gasteiger partial charge in [-0.1, -0.05) is 22.0 Å². The van der Waals surface area contributed by atoms with E-state index >= 15 is 0 Å². The predicted molar refractivity (Wildman–Crippen MR) is 56.6 cm³/mol. The Morgan fingerprint density at radius 1 is 1.47 bits per heavy atom. The maximum absolute atomic E-state index is 13.5. The molecule has 1 aromatic carbocycles. The summed E-state index contributed by atoms with van der Waals surface area (Å²) in [6.07, 6.45) is 0. The van der Waals surface area contributed by atoms with Gasteiger partial charge in [0.05, 0.1) is 19.8 Å². The van der Waals surface area contributed by atoms with E-state index in [0.717, 1.165) is 0 Å². The first-order chi connectivity index (χ1) is 7.11. The first-order valence-electron chi connectivity index (χ1n) is 4.16. The molecule has 0 fully saturated rings. The second kappa shape index (κ2) is 5.11. The van der Waals surface area contributed by atoms with Crippen LogP contribution in [-0.4, -0.2) is 20.2 Å². The van der Waals surface area contributed by atoms with Crippen molar-refractivity contribution in [2.24, 2.45) is 0 Å². The lowest BCUT2D eigenvalue weighted by molar-refractivity contribution is -0.140. The van der Waals surface area contributed by atoms with Gasteiger partial charge in [-0.2, -0.15) is 0 Å². The van der Waals surface area contributed by atoms with Gasteiger partial charge in [-0.15, -0.1) is 0 Å². The number of methoxy groups -OCH3 is 2. The summed E-state index contributed by atoms with van der Waals surface area (Å²) in [6.45, 7) is 0. The van der Waals surface area contributed by atoms with Crippen molar-refractivity contribution in [1.29, 1.82) is 0 Å². The van der Waals surface area contributed by atoms with Gasteiger partial charge in [-0.25, -0.2) is 4.39 Å². The number of ether oxygens (including phenoxy) is 2. The molecule has 0 aliphatic rings. The third-order valence-electron chi connectivity index (χ3n) is 1.89. The first-order valence-corrected chi connectivity index (χ1v) is 5.07. The smallest absolute Gasteiger partial charge is 0.324 e. The molecule has 1 rings (SSSR count). The fraction of sp³-hybridized carbons (Fsp3) is 0.300. The molecule has 0 heterocycles. The van der Waals surface area contributed by atoms with Crippen molar-refractivity contribution in [3.63, 3.8) is 0 Å². The van der Waals surface area contributed by atoms with Crippen LogP contribution in [0, 0.1) is 5.82 Å². The molecule has 15 heavy (non-hydrogen) atoms. The summed E-state index contributed by atoms with van der Waals surface area (Å²) in [4.78, 5) is 10.4. The Bertz CT molecular complexity index is 368. The van der Waals surface area contributed by atoms with Crippen LogP contribution in [0.4, 0.5) is 4.39 Å². The van der Waals surface area contributed by atoms with E-state index in [-0.39, 0.29) is 5.56 Å². The molecule has 1 atom stereocenters. The van der Waals surface area contributed by atoms with Crippen LogP contribution < -0.4 is 4.74 Å². The van der Waals surface area contributed by atoms with Gasteiger partial charge in [-0.05, 0) is 12.1 Å². The number of benzene rings is 1. The van der Waals surface area contributed by atoms with Crippen LogP contribution in [0.25, 0.3) is 0 Å². The third-order valence-corrected chi connectivity index (χ3v) is 2.73. The number of hydrogen-bond donors (Lipinski definition) is 0. The van der Waals surface area contributed by atoms with E-state index in [1.807, 2.05) is 0 Å². The fourth-order valence-electron chi connectivity index (χ4n) is 1.16. The van der Waals surface area contributed by atoms with Crippen LogP contribution in [0.1, 0.15) is 10.4 Å². The van der Waals surface area contributed by atoms with Crippen LogP contribution in [0.15, 0.2) is 18.2 Å². The molecule has 0 spiro atoms. The van der Waals surface area contributed by atoms with Gasteiger partial charge in [0.25, 0.3) is 0 Å². The highest BCUT2D eigenvalue weighted by atomic mass is 79.9. The maximum Gasteiger partial charge on any atom is 0.324 e. The average molecular weight is 277 g/mol. The van der Waals surface area contributed by atoms with Crippen molar-refractivity contribution in [3.05, 3.63) is 29.6 Å². The van der Waals surface area contributed by atoms with E-state index in [1.54, 1.807) is 6.07 Å². The van der Waals surface area contributed by atoms with Gasteiger partial charge in [0.2, 0.25) is 0 Å². The SMILES string of the molecule is COC(=O)C(Br)c1c(F)cccc1OC. The Morgan fingerprint density at radius 2 is 2.13 bits per heavy atom. The van der Waals surface area contributed by atoms with Gasteiger partial charge in [0.15, 0.2) is 0 Å². The highest BCUT2D eigenvalue weighted by Gasteiger charge is 2.25. The Balaban J connectivity index is 3.16. The number of esters is 1. The number of alkyl halides is 1. The number of carbonyl (C=O) groups is 1. The van der Waals surface area contributed by atoms with E-state index < -0.39 is 16.6 Å². The van der Waals surface area contributed by atoms with Crippen LogP contribution in [-0.2, 0) is 9.53 Å². The molecule has 0 aromatic heterocycles. The molecule has 1 unspecified atom stereocenters. The first kappa shape index (κ1) is 12.0. The molecular formula is C10H10BrFO3. The highest BCUT2D eigenvalue weighted by Crippen LogP contribution is 2.33. The lowest BCUT2D eigenvalue weighted by Gasteiger charge is -2.12. The molecule has 1 aromatic rings. The quantitative estimate of drug-likeness (QED) is 0.629. The third kappa shape index (κ3) is 2.47. The zero-order valence-corrected chi connectivity index (χ0v) is 9.88. The summed E-state index contributed by atoms with van der Waals surface area (Å²) in [5.74, 6) is -0.776. The van der Waals surface area contributed by atoms with Gasteiger partial charge in [0, 0.05) is 0 Å². The summed E-state index contributed by atoms with van der Waals surface area (Å²) in [5, 5.41) is 0. The van der Waals surface area contributed by atoms with Crippen molar-refractivity contribution in [3.8, 4) is 5.75 Å². The van der Waals surface area contributed by atoms with E-state index in [4.69, 9.17) is 4.74 Å². The maximum atomic E-state index is 13.5. The average Bonchev–Trinajstić information content (AvgIpc) is 2.26. The van der Waals surface area contributed by atoms with E-state index in [1.165, 1.54) is 26.4 Å². The zero-order chi connectivity index (χ0) is 11.4. The van der Waals surface area contributed by atoms with Crippen LogP contribution in [0.5, 0.6) is 5.75 Å². The Hall–Kier alpha value is -1.10. The number of hydrogen-bond acceptors (Lipinski definition) is 3. The monoisotopic (exact) mass is 276 g/mol. The molecular weight excluding hydrogens is 267 g/mol. The van der Waals surface area contributed by atoms with E-state index in [9.17, 15) is 9.18 Å². The van der Waals surface area contributed by atoms with Gasteiger partial charge in [0.1, 0.15) is 16.4 Å². The Kier molecular flexibility index (Phi) is 4.08. The van der Waals surface area contributed by atoms with Gasteiger partial charge < -0.3 is 9.47 Å². The topological polar surface area (TPSA) is 35.5 Å². The lowest BCUT2D eigenvalue weighted by Crippen LogP contribution is -2.11. The minimum Gasteiger partial charge on any atom is -0.496 e. The summed E-state index contributed by atoms with van der Waals surface area (Å²) >= 11 is 3.06. The predicted octanol–water partition coefficient (Wildman–Crippen LogP) is 2.44. The van der Waals surface area contributed by atoms with E-state index in [0.29, 0.717) is 5.75 Å². The molecule has 0 aliphatic carbocycles. The Labute approximate surface area is 95.3 Å². The summed E-state index contributed by atoms with van der Waals surface area (Å²) < 4.78 is 22.9. The molecule has 0 N–H and O–H groups in total. The standard InChI is InChI=1S/C10H10BrFO3/c1-14-7-5-3-4-6(12)8(7)9(11)10(13)15-2/h3-5,9H,1-2H3. The van der Waals surface area contributed by atoms with Gasteiger partial charge >= 0.3 is 5.97 Å². The molecule has 0 bridgehead atoms. The van der Waals surface area contributed by atoms with E-state index in [2.05, 4.69) is 20.7 Å². The van der Waals surface area contributed by atoms with Crippen LogP contribution in [0.2, 0.25) is 0 Å². The highest BCUT2D eigenvalue weighted by molar-refractivity contribution is 9.09. The Morgan fingerprint density at radius 3 is 2.67 bits per heavy atom. The second-order valence-electron chi connectivity index (χ2n) is 2.74. The summed E-state index contributed by atoms with van der Waals surface area (Å²) in [5.41, 5.74) is 0.145. The number of halogens is 2. The fourth-order valence-corrected chi connectivity index (χ4v) is 1.79. The minimum absolute atomic E-state index is 0.145. The van der Waals surface area contributed by atoms with Crippen molar-refractivity contribution < 1.29 is 18.7 Å². The zero-order valence-electron chi connectivity index (χ0n) is 8.29. The molecule has 82 valence electrons.